The lowest BCUT2D eigenvalue weighted by Crippen LogP contribution is -2.38. The Bertz CT molecular complexity index is 379. The second-order valence-electron chi connectivity index (χ2n) is 4.38. The Morgan fingerprint density at radius 2 is 2.06 bits per heavy atom. The van der Waals surface area contributed by atoms with Crippen LogP contribution in [-0.2, 0) is 4.79 Å². The van der Waals surface area contributed by atoms with Gasteiger partial charge in [0, 0.05) is 17.1 Å². The SMILES string of the molecule is CC(C)NC(=O)CNC(C)c1cccc(Cl)c1. The van der Waals surface area contributed by atoms with E-state index in [1.54, 1.807) is 0 Å². The monoisotopic (exact) mass is 254 g/mol. The van der Waals surface area contributed by atoms with E-state index in [0.29, 0.717) is 11.6 Å². The first kappa shape index (κ1) is 14.0. The molecule has 0 aliphatic rings. The van der Waals surface area contributed by atoms with Crippen molar-refractivity contribution in [3.05, 3.63) is 34.9 Å². The van der Waals surface area contributed by atoms with Gasteiger partial charge in [0.2, 0.25) is 5.91 Å². The Kier molecular flexibility index (Phi) is 5.45. The second-order valence-corrected chi connectivity index (χ2v) is 4.82. The van der Waals surface area contributed by atoms with Crippen LogP contribution in [-0.4, -0.2) is 18.5 Å². The summed E-state index contributed by atoms with van der Waals surface area (Å²) in [5.41, 5.74) is 1.08. The third-order valence-electron chi connectivity index (χ3n) is 2.37. The van der Waals surface area contributed by atoms with Gasteiger partial charge in [-0.3, -0.25) is 4.79 Å². The molecule has 17 heavy (non-hydrogen) atoms. The standard InChI is InChI=1S/C13H19ClN2O/c1-9(2)16-13(17)8-15-10(3)11-5-4-6-12(14)7-11/h4-7,9-10,15H,8H2,1-3H3,(H,16,17). The zero-order valence-corrected chi connectivity index (χ0v) is 11.2. The van der Waals surface area contributed by atoms with Crippen molar-refractivity contribution in [3.63, 3.8) is 0 Å². The number of halogens is 1. The molecule has 0 saturated heterocycles. The highest BCUT2D eigenvalue weighted by atomic mass is 35.5. The summed E-state index contributed by atoms with van der Waals surface area (Å²) in [4.78, 5) is 11.5. The molecule has 0 aliphatic heterocycles. The van der Waals surface area contributed by atoms with E-state index in [4.69, 9.17) is 11.6 Å². The van der Waals surface area contributed by atoms with E-state index in [1.807, 2.05) is 45.0 Å². The van der Waals surface area contributed by atoms with Gasteiger partial charge in [0.25, 0.3) is 0 Å². The topological polar surface area (TPSA) is 41.1 Å². The first-order chi connectivity index (χ1) is 7.99. The van der Waals surface area contributed by atoms with Crippen molar-refractivity contribution in [2.24, 2.45) is 0 Å². The molecule has 0 saturated carbocycles. The van der Waals surface area contributed by atoms with Crippen molar-refractivity contribution in [1.29, 1.82) is 0 Å². The van der Waals surface area contributed by atoms with Gasteiger partial charge < -0.3 is 10.6 Å². The van der Waals surface area contributed by atoms with Gasteiger partial charge in [-0.2, -0.15) is 0 Å². The van der Waals surface area contributed by atoms with Crippen molar-refractivity contribution < 1.29 is 4.79 Å². The lowest BCUT2D eigenvalue weighted by Gasteiger charge is -2.15. The van der Waals surface area contributed by atoms with E-state index in [0.717, 1.165) is 5.56 Å². The molecule has 1 aromatic rings. The van der Waals surface area contributed by atoms with Crippen LogP contribution in [0.4, 0.5) is 0 Å². The summed E-state index contributed by atoms with van der Waals surface area (Å²) in [7, 11) is 0. The van der Waals surface area contributed by atoms with E-state index in [9.17, 15) is 4.79 Å². The van der Waals surface area contributed by atoms with Crippen LogP contribution in [0.15, 0.2) is 24.3 Å². The lowest BCUT2D eigenvalue weighted by molar-refractivity contribution is -0.120. The van der Waals surface area contributed by atoms with Crippen LogP contribution in [0.2, 0.25) is 5.02 Å². The summed E-state index contributed by atoms with van der Waals surface area (Å²) in [6.45, 7) is 6.21. The Hall–Kier alpha value is -1.06. The minimum absolute atomic E-state index is 0.00822. The Balaban J connectivity index is 2.44. The van der Waals surface area contributed by atoms with E-state index in [2.05, 4.69) is 10.6 Å². The number of carbonyl (C=O) groups is 1. The van der Waals surface area contributed by atoms with Gasteiger partial charge in [0.15, 0.2) is 0 Å². The predicted molar refractivity (Wildman–Crippen MR) is 71.1 cm³/mol. The zero-order valence-electron chi connectivity index (χ0n) is 10.5. The molecule has 1 atom stereocenters. The molecule has 0 radical (unpaired) electrons. The molecule has 1 rings (SSSR count). The number of hydrogen-bond donors (Lipinski definition) is 2. The van der Waals surface area contributed by atoms with Gasteiger partial charge in [-0.15, -0.1) is 0 Å². The summed E-state index contributed by atoms with van der Waals surface area (Å²) < 4.78 is 0. The highest BCUT2D eigenvalue weighted by Gasteiger charge is 2.08. The minimum Gasteiger partial charge on any atom is -0.353 e. The fraction of sp³-hybridized carbons (Fsp3) is 0.462. The maximum Gasteiger partial charge on any atom is 0.234 e. The summed E-state index contributed by atoms with van der Waals surface area (Å²) in [6, 6.07) is 7.91. The Morgan fingerprint density at radius 1 is 1.35 bits per heavy atom. The molecule has 94 valence electrons. The molecule has 0 spiro atoms. The smallest absolute Gasteiger partial charge is 0.234 e. The van der Waals surface area contributed by atoms with E-state index in [1.165, 1.54) is 0 Å². The molecule has 3 nitrogen and oxygen atoms in total. The fourth-order valence-corrected chi connectivity index (χ4v) is 1.71. The third-order valence-corrected chi connectivity index (χ3v) is 2.60. The highest BCUT2D eigenvalue weighted by molar-refractivity contribution is 6.30. The normalized spacial score (nSPS) is 12.5. The second kappa shape index (κ2) is 6.62. The number of benzene rings is 1. The van der Waals surface area contributed by atoms with Gasteiger partial charge >= 0.3 is 0 Å². The van der Waals surface area contributed by atoms with Crippen LogP contribution in [0, 0.1) is 0 Å². The van der Waals surface area contributed by atoms with Gasteiger partial charge in [0.05, 0.1) is 6.54 Å². The van der Waals surface area contributed by atoms with Crippen LogP contribution >= 0.6 is 11.6 Å². The summed E-state index contributed by atoms with van der Waals surface area (Å²) in [5, 5.41) is 6.70. The van der Waals surface area contributed by atoms with Crippen molar-refractivity contribution in [3.8, 4) is 0 Å². The van der Waals surface area contributed by atoms with Crippen LogP contribution in [0.25, 0.3) is 0 Å². The van der Waals surface area contributed by atoms with Crippen LogP contribution in [0.3, 0.4) is 0 Å². The fourth-order valence-electron chi connectivity index (χ4n) is 1.51. The molecule has 1 unspecified atom stereocenters. The molecule has 2 N–H and O–H groups in total. The molecule has 0 aromatic heterocycles. The molecular formula is C13H19ClN2O. The van der Waals surface area contributed by atoms with Gasteiger partial charge in [-0.1, -0.05) is 23.7 Å². The summed E-state index contributed by atoms with van der Waals surface area (Å²) >= 11 is 5.91. The van der Waals surface area contributed by atoms with Crippen molar-refractivity contribution in [1.82, 2.24) is 10.6 Å². The number of nitrogens with one attached hydrogen (secondary N) is 2. The first-order valence-electron chi connectivity index (χ1n) is 5.77. The average molecular weight is 255 g/mol. The van der Waals surface area contributed by atoms with Crippen LogP contribution in [0.1, 0.15) is 32.4 Å². The number of carbonyl (C=O) groups excluding carboxylic acids is 1. The zero-order chi connectivity index (χ0) is 12.8. The van der Waals surface area contributed by atoms with E-state index < -0.39 is 0 Å². The van der Waals surface area contributed by atoms with Crippen molar-refractivity contribution >= 4 is 17.5 Å². The van der Waals surface area contributed by atoms with Crippen LogP contribution < -0.4 is 10.6 Å². The Morgan fingerprint density at radius 3 is 2.65 bits per heavy atom. The molecule has 4 heteroatoms. The largest absolute Gasteiger partial charge is 0.353 e. The summed E-state index contributed by atoms with van der Waals surface area (Å²) in [5.74, 6) is 0.00822. The maximum absolute atomic E-state index is 11.5. The average Bonchev–Trinajstić information content (AvgIpc) is 2.25. The maximum atomic E-state index is 11.5. The number of rotatable bonds is 5. The van der Waals surface area contributed by atoms with E-state index >= 15 is 0 Å². The third kappa shape index (κ3) is 5.20. The molecule has 0 heterocycles. The predicted octanol–water partition coefficient (Wildman–Crippen LogP) is 2.52. The van der Waals surface area contributed by atoms with Crippen LogP contribution in [0.5, 0.6) is 0 Å². The molecular weight excluding hydrogens is 236 g/mol. The minimum atomic E-state index is 0.00822. The Labute approximate surface area is 108 Å². The lowest BCUT2D eigenvalue weighted by atomic mass is 10.1. The molecule has 1 aromatic carbocycles. The highest BCUT2D eigenvalue weighted by Crippen LogP contribution is 2.16. The molecule has 0 aliphatic carbocycles. The number of amides is 1. The number of hydrogen-bond acceptors (Lipinski definition) is 2. The summed E-state index contributed by atoms with van der Waals surface area (Å²) in [6.07, 6.45) is 0. The van der Waals surface area contributed by atoms with Gasteiger partial charge in [-0.25, -0.2) is 0 Å². The van der Waals surface area contributed by atoms with Gasteiger partial charge in [-0.05, 0) is 38.5 Å². The molecule has 1 amide bonds. The molecule has 0 bridgehead atoms. The first-order valence-corrected chi connectivity index (χ1v) is 6.15. The molecule has 0 fully saturated rings. The van der Waals surface area contributed by atoms with Crippen molar-refractivity contribution in [2.75, 3.05) is 6.54 Å². The van der Waals surface area contributed by atoms with Gasteiger partial charge in [0.1, 0.15) is 0 Å². The quantitative estimate of drug-likeness (QED) is 0.848. The van der Waals surface area contributed by atoms with Crippen molar-refractivity contribution in [2.45, 2.75) is 32.9 Å². The van der Waals surface area contributed by atoms with E-state index in [-0.39, 0.29) is 18.0 Å².